The first-order chi connectivity index (χ1) is 10.0. The minimum atomic E-state index is -0.477. The van der Waals surface area contributed by atoms with Gasteiger partial charge >= 0.3 is 0 Å². The van der Waals surface area contributed by atoms with Gasteiger partial charge in [0.1, 0.15) is 5.75 Å². The highest BCUT2D eigenvalue weighted by molar-refractivity contribution is 9.10. The first-order valence-electron chi connectivity index (χ1n) is 6.17. The lowest BCUT2D eigenvalue weighted by Crippen LogP contribution is -2.11. The summed E-state index contributed by atoms with van der Waals surface area (Å²) in [6.45, 7) is 0.564. The first-order valence-corrected chi connectivity index (χ1v) is 7.34. The van der Waals surface area contributed by atoms with Crippen LogP contribution in [0.4, 0.5) is 5.69 Å². The average molecular weight is 370 g/mol. The van der Waals surface area contributed by atoms with Crippen LogP contribution in [0.5, 0.6) is 5.75 Å². The van der Waals surface area contributed by atoms with Crippen LogP contribution >= 0.6 is 27.5 Å². The highest BCUT2D eigenvalue weighted by Crippen LogP contribution is 2.27. The van der Waals surface area contributed by atoms with Crippen LogP contribution in [-0.2, 0) is 6.54 Å². The summed E-state index contributed by atoms with van der Waals surface area (Å²) in [5, 5.41) is 3.89. The Bertz CT molecular complexity index is 677. The highest BCUT2D eigenvalue weighted by atomic mass is 79.9. The number of hydrogen-bond acceptors (Lipinski definition) is 3. The van der Waals surface area contributed by atoms with Crippen molar-refractivity contribution in [3.05, 3.63) is 57.0 Å². The van der Waals surface area contributed by atoms with Gasteiger partial charge in [0.15, 0.2) is 0 Å². The third-order valence-corrected chi connectivity index (χ3v) is 4.16. The smallest absolute Gasteiger partial charge is 0.248 e. The van der Waals surface area contributed by atoms with Gasteiger partial charge in [0.25, 0.3) is 0 Å². The number of rotatable bonds is 5. The monoisotopic (exact) mass is 368 g/mol. The summed E-state index contributed by atoms with van der Waals surface area (Å²) in [6.07, 6.45) is 0. The van der Waals surface area contributed by atoms with Gasteiger partial charge in [0, 0.05) is 16.6 Å². The van der Waals surface area contributed by atoms with E-state index in [0.29, 0.717) is 28.6 Å². The third kappa shape index (κ3) is 3.89. The maximum atomic E-state index is 11.2. The van der Waals surface area contributed by atoms with E-state index in [1.807, 2.05) is 18.2 Å². The molecule has 0 radical (unpaired) electrons. The minimum Gasteiger partial charge on any atom is -0.495 e. The van der Waals surface area contributed by atoms with Crippen LogP contribution < -0.4 is 15.8 Å². The van der Waals surface area contributed by atoms with Gasteiger partial charge in [-0.3, -0.25) is 4.79 Å². The van der Waals surface area contributed by atoms with E-state index in [0.717, 1.165) is 10.0 Å². The number of amides is 1. The van der Waals surface area contributed by atoms with Crippen molar-refractivity contribution < 1.29 is 9.53 Å². The molecule has 0 saturated carbocycles. The second-order valence-electron chi connectivity index (χ2n) is 4.38. The number of anilines is 1. The summed E-state index contributed by atoms with van der Waals surface area (Å²) in [5.41, 5.74) is 7.46. The standard InChI is InChI=1S/C15H14BrClN2O2/c1-21-14-5-3-10(15(18)20)7-13(14)19-8-9-2-4-12(17)11(16)6-9/h2-7,19H,8H2,1H3,(H2,18,20). The molecule has 0 aliphatic rings. The number of halogens is 2. The molecule has 0 bridgehead atoms. The molecule has 2 rings (SSSR count). The predicted molar refractivity (Wildman–Crippen MR) is 88.0 cm³/mol. The SMILES string of the molecule is COc1ccc(C(N)=O)cc1NCc1ccc(Cl)c(Br)c1. The molecule has 0 aromatic heterocycles. The Kier molecular flexibility index (Phi) is 5.09. The maximum Gasteiger partial charge on any atom is 0.248 e. The quantitative estimate of drug-likeness (QED) is 0.842. The molecule has 2 aromatic carbocycles. The number of nitrogens with one attached hydrogen (secondary N) is 1. The van der Waals surface area contributed by atoms with Crippen LogP contribution in [0.2, 0.25) is 5.02 Å². The third-order valence-electron chi connectivity index (χ3n) is 2.95. The second kappa shape index (κ2) is 6.83. The van der Waals surface area contributed by atoms with E-state index < -0.39 is 5.91 Å². The molecule has 0 aliphatic carbocycles. The van der Waals surface area contributed by atoms with Crippen molar-refractivity contribution in [1.29, 1.82) is 0 Å². The summed E-state index contributed by atoms with van der Waals surface area (Å²) in [4.78, 5) is 11.2. The van der Waals surface area contributed by atoms with E-state index in [-0.39, 0.29) is 0 Å². The van der Waals surface area contributed by atoms with Crippen LogP contribution in [-0.4, -0.2) is 13.0 Å². The zero-order chi connectivity index (χ0) is 15.4. The molecule has 0 saturated heterocycles. The Morgan fingerprint density at radius 3 is 2.71 bits per heavy atom. The van der Waals surface area contributed by atoms with Gasteiger partial charge in [-0.15, -0.1) is 0 Å². The Hall–Kier alpha value is -1.72. The van der Waals surface area contributed by atoms with Crippen molar-refractivity contribution in [3.8, 4) is 5.75 Å². The molecule has 21 heavy (non-hydrogen) atoms. The van der Waals surface area contributed by atoms with Gasteiger partial charge in [-0.1, -0.05) is 17.7 Å². The van der Waals surface area contributed by atoms with Crippen LogP contribution in [0.3, 0.4) is 0 Å². The summed E-state index contributed by atoms with van der Waals surface area (Å²) in [7, 11) is 1.57. The number of nitrogens with two attached hydrogens (primary N) is 1. The zero-order valence-corrected chi connectivity index (χ0v) is 13.7. The van der Waals surface area contributed by atoms with E-state index in [2.05, 4.69) is 21.2 Å². The van der Waals surface area contributed by atoms with Crippen LogP contribution in [0.25, 0.3) is 0 Å². The lowest BCUT2D eigenvalue weighted by atomic mass is 10.1. The van der Waals surface area contributed by atoms with E-state index in [4.69, 9.17) is 22.1 Å². The number of hydrogen-bond donors (Lipinski definition) is 2. The zero-order valence-electron chi connectivity index (χ0n) is 11.3. The maximum absolute atomic E-state index is 11.2. The topological polar surface area (TPSA) is 64.3 Å². The number of methoxy groups -OCH3 is 1. The van der Waals surface area contributed by atoms with E-state index in [9.17, 15) is 4.79 Å². The van der Waals surface area contributed by atoms with Crippen molar-refractivity contribution >= 4 is 39.1 Å². The van der Waals surface area contributed by atoms with E-state index in [1.54, 1.807) is 25.3 Å². The second-order valence-corrected chi connectivity index (χ2v) is 5.64. The fourth-order valence-corrected chi connectivity index (χ4v) is 2.39. The van der Waals surface area contributed by atoms with Crippen molar-refractivity contribution in [2.45, 2.75) is 6.54 Å². The summed E-state index contributed by atoms with van der Waals surface area (Å²) in [6, 6.07) is 10.7. The normalized spacial score (nSPS) is 10.2. The number of carbonyl (C=O) groups is 1. The Balaban J connectivity index is 2.19. The Labute approximate surface area is 136 Å². The fourth-order valence-electron chi connectivity index (χ4n) is 1.85. The van der Waals surface area contributed by atoms with E-state index in [1.165, 1.54) is 0 Å². The fraction of sp³-hybridized carbons (Fsp3) is 0.133. The van der Waals surface area contributed by atoms with Gasteiger partial charge in [0.05, 0.1) is 17.8 Å². The molecule has 0 aliphatic heterocycles. The lowest BCUT2D eigenvalue weighted by Gasteiger charge is -2.12. The molecule has 0 spiro atoms. The Morgan fingerprint density at radius 2 is 2.10 bits per heavy atom. The molecule has 110 valence electrons. The van der Waals surface area contributed by atoms with E-state index >= 15 is 0 Å². The van der Waals surface area contributed by atoms with Gasteiger partial charge in [-0.2, -0.15) is 0 Å². The number of ether oxygens (including phenoxy) is 1. The molecule has 0 fully saturated rings. The number of benzene rings is 2. The molecule has 1 amide bonds. The first kappa shape index (κ1) is 15.7. The summed E-state index contributed by atoms with van der Waals surface area (Å²) in [5.74, 6) is 0.169. The van der Waals surface area contributed by atoms with Crippen molar-refractivity contribution in [3.63, 3.8) is 0 Å². The Morgan fingerprint density at radius 1 is 1.33 bits per heavy atom. The summed E-state index contributed by atoms with van der Waals surface area (Å²) < 4.78 is 6.10. The minimum absolute atomic E-state index is 0.426. The molecule has 6 heteroatoms. The highest BCUT2D eigenvalue weighted by Gasteiger charge is 2.08. The largest absolute Gasteiger partial charge is 0.495 e. The molecular weight excluding hydrogens is 356 g/mol. The summed E-state index contributed by atoms with van der Waals surface area (Å²) >= 11 is 9.35. The molecule has 3 N–H and O–H groups in total. The van der Waals surface area contributed by atoms with Gasteiger partial charge in [-0.25, -0.2) is 0 Å². The molecule has 0 unspecified atom stereocenters. The van der Waals surface area contributed by atoms with Crippen molar-refractivity contribution in [2.24, 2.45) is 5.73 Å². The average Bonchev–Trinajstić information content (AvgIpc) is 2.48. The van der Waals surface area contributed by atoms with Crippen molar-refractivity contribution in [2.75, 3.05) is 12.4 Å². The molecule has 4 nitrogen and oxygen atoms in total. The number of carbonyl (C=O) groups excluding carboxylic acids is 1. The van der Waals surface area contributed by atoms with Crippen LogP contribution in [0.1, 0.15) is 15.9 Å². The molecule has 0 atom stereocenters. The lowest BCUT2D eigenvalue weighted by molar-refractivity contribution is 0.100. The van der Waals surface area contributed by atoms with Crippen LogP contribution in [0, 0.1) is 0 Å². The van der Waals surface area contributed by atoms with Crippen molar-refractivity contribution in [1.82, 2.24) is 0 Å². The predicted octanol–water partition coefficient (Wildman–Crippen LogP) is 3.82. The van der Waals surface area contributed by atoms with Crippen LogP contribution in [0.15, 0.2) is 40.9 Å². The molecule has 2 aromatic rings. The van der Waals surface area contributed by atoms with Gasteiger partial charge in [0.2, 0.25) is 5.91 Å². The van der Waals surface area contributed by atoms with Gasteiger partial charge in [-0.05, 0) is 51.8 Å². The van der Waals surface area contributed by atoms with Gasteiger partial charge < -0.3 is 15.8 Å². The molecule has 0 heterocycles. The number of primary amides is 1. The molecular formula is C15H14BrClN2O2.